The number of halogens is 1. The lowest BCUT2D eigenvalue weighted by Gasteiger charge is -2.22. The average Bonchev–Trinajstić information content (AvgIpc) is 2.15. The van der Waals surface area contributed by atoms with Crippen molar-refractivity contribution in [2.45, 2.75) is 25.1 Å². The first-order chi connectivity index (χ1) is 7.72. The molecule has 0 fully saturated rings. The van der Waals surface area contributed by atoms with Gasteiger partial charge in [-0.05, 0) is 31.5 Å². The number of rotatable bonds is 5. The summed E-state index contributed by atoms with van der Waals surface area (Å²) >= 11 is 3.40. The molecular weight excluding hydrogens is 302 g/mol. The smallest absolute Gasteiger partial charge is 0.153 e. The Labute approximate surface area is 112 Å². The van der Waals surface area contributed by atoms with Gasteiger partial charge in [0.25, 0.3) is 0 Å². The molecule has 0 spiro atoms. The Morgan fingerprint density at radius 2 is 2.00 bits per heavy atom. The van der Waals surface area contributed by atoms with Crippen molar-refractivity contribution in [2.24, 2.45) is 0 Å². The van der Waals surface area contributed by atoms with Crippen molar-refractivity contribution in [2.75, 3.05) is 12.8 Å². The van der Waals surface area contributed by atoms with Crippen LogP contribution in [0, 0.1) is 0 Å². The first-order valence-corrected chi connectivity index (χ1v) is 8.05. The second-order valence-electron chi connectivity index (χ2n) is 4.77. The van der Waals surface area contributed by atoms with Crippen molar-refractivity contribution in [3.63, 3.8) is 0 Å². The molecular formula is C12H18BrNO2S. The fourth-order valence-corrected chi connectivity index (χ4v) is 2.10. The number of nitrogens with one attached hydrogen (secondary N) is 1. The molecule has 0 aliphatic carbocycles. The van der Waals surface area contributed by atoms with Crippen LogP contribution in [0.4, 0.5) is 0 Å². The quantitative estimate of drug-likeness (QED) is 0.906. The van der Waals surface area contributed by atoms with E-state index in [0.717, 1.165) is 10.0 Å². The SMILES string of the molecule is CC(C)(CNCc1cccc(Br)c1)S(C)(=O)=O. The highest BCUT2D eigenvalue weighted by Crippen LogP contribution is 2.15. The second-order valence-corrected chi connectivity index (χ2v) is 8.33. The van der Waals surface area contributed by atoms with Gasteiger partial charge in [-0.3, -0.25) is 0 Å². The van der Waals surface area contributed by atoms with Gasteiger partial charge in [0.05, 0.1) is 4.75 Å². The van der Waals surface area contributed by atoms with Crippen molar-refractivity contribution in [3.05, 3.63) is 34.3 Å². The molecule has 0 saturated carbocycles. The Hall–Kier alpha value is -0.390. The van der Waals surface area contributed by atoms with Crippen LogP contribution >= 0.6 is 15.9 Å². The van der Waals surface area contributed by atoms with Gasteiger partial charge < -0.3 is 5.32 Å². The van der Waals surface area contributed by atoms with Crippen LogP contribution in [0.1, 0.15) is 19.4 Å². The van der Waals surface area contributed by atoms with Gasteiger partial charge in [-0.15, -0.1) is 0 Å². The van der Waals surface area contributed by atoms with E-state index in [1.807, 2.05) is 24.3 Å². The van der Waals surface area contributed by atoms with Gasteiger partial charge in [0.1, 0.15) is 0 Å². The maximum absolute atomic E-state index is 11.5. The normalized spacial score (nSPS) is 12.7. The molecule has 0 aliphatic rings. The number of sulfone groups is 1. The van der Waals surface area contributed by atoms with Crippen LogP contribution in [0.2, 0.25) is 0 Å². The molecule has 0 aromatic heterocycles. The zero-order chi connectivity index (χ0) is 13.1. The minimum absolute atomic E-state index is 0.443. The average molecular weight is 320 g/mol. The number of benzene rings is 1. The van der Waals surface area contributed by atoms with Crippen LogP contribution in [-0.2, 0) is 16.4 Å². The summed E-state index contributed by atoms with van der Waals surface area (Å²) in [5.74, 6) is 0. The fraction of sp³-hybridized carbons (Fsp3) is 0.500. The summed E-state index contributed by atoms with van der Waals surface area (Å²) in [6.45, 7) is 4.57. The standard InChI is InChI=1S/C12H18BrNO2S/c1-12(2,17(3,15)16)9-14-8-10-5-4-6-11(13)7-10/h4-7,14H,8-9H2,1-3H3. The van der Waals surface area contributed by atoms with Crippen molar-refractivity contribution >= 4 is 25.8 Å². The predicted molar refractivity (Wildman–Crippen MR) is 74.8 cm³/mol. The summed E-state index contributed by atoms with van der Waals surface area (Å²) < 4.78 is 23.3. The Balaban J connectivity index is 2.54. The molecule has 1 N–H and O–H groups in total. The lowest BCUT2D eigenvalue weighted by molar-refractivity contribution is 0.521. The van der Waals surface area contributed by atoms with E-state index >= 15 is 0 Å². The summed E-state index contributed by atoms with van der Waals surface area (Å²) in [6, 6.07) is 7.94. The third-order valence-electron chi connectivity index (χ3n) is 2.77. The number of hydrogen-bond acceptors (Lipinski definition) is 3. The lowest BCUT2D eigenvalue weighted by atomic mass is 10.2. The van der Waals surface area contributed by atoms with E-state index < -0.39 is 14.6 Å². The van der Waals surface area contributed by atoms with Gasteiger partial charge in [0.15, 0.2) is 9.84 Å². The molecule has 1 rings (SSSR count). The Bertz CT molecular complexity index is 483. The summed E-state index contributed by atoms with van der Waals surface area (Å²) in [5.41, 5.74) is 1.13. The van der Waals surface area contributed by atoms with E-state index in [1.54, 1.807) is 13.8 Å². The van der Waals surface area contributed by atoms with E-state index in [1.165, 1.54) is 6.26 Å². The van der Waals surface area contributed by atoms with Crippen LogP contribution in [0.5, 0.6) is 0 Å². The first-order valence-electron chi connectivity index (χ1n) is 5.37. The molecule has 96 valence electrons. The van der Waals surface area contributed by atoms with Gasteiger partial charge in [0.2, 0.25) is 0 Å². The predicted octanol–water partition coefficient (Wildman–Crippen LogP) is 2.36. The van der Waals surface area contributed by atoms with Crippen LogP contribution in [-0.4, -0.2) is 26.0 Å². The lowest BCUT2D eigenvalue weighted by Crippen LogP contribution is -2.41. The maximum Gasteiger partial charge on any atom is 0.153 e. The largest absolute Gasteiger partial charge is 0.311 e. The van der Waals surface area contributed by atoms with Gasteiger partial charge in [-0.25, -0.2) is 8.42 Å². The van der Waals surface area contributed by atoms with E-state index in [-0.39, 0.29) is 0 Å². The Kier molecular flexibility index (Phi) is 4.75. The highest BCUT2D eigenvalue weighted by molar-refractivity contribution is 9.10. The first kappa shape index (κ1) is 14.7. The van der Waals surface area contributed by atoms with Gasteiger partial charge in [-0.1, -0.05) is 28.1 Å². The van der Waals surface area contributed by atoms with E-state index in [0.29, 0.717) is 13.1 Å². The molecule has 0 radical (unpaired) electrons. The third-order valence-corrected chi connectivity index (χ3v) is 5.42. The summed E-state index contributed by atoms with van der Waals surface area (Å²) in [5, 5.41) is 3.18. The minimum Gasteiger partial charge on any atom is -0.311 e. The highest BCUT2D eigenvalue weighted by Gasteiger charge is 2.29. The fourth-order valence-electron chi connectivity index (χ4n) is 1.29. The van der Waals surface area contributed by atoms with Crippen molar-refractivity contribution in [1.29, 1.82) is 0 Å². The molecule has 0 atom stereocenters. The zero-order valence-corrected chi connectivity index (χ0v) is 12.7. The van der Waals surface area contributed by atoms with Gasteiger partial charge >= 0.3 is 0 Å². The molecule has 0 bridgehead atoms. The third kappa shape index (κ3) is 4.41. The van der Waals surface area contributed by atoms with Crippen LogP contribution < -0.4 is 5.32 Å². The molecule has 1 aromatic rings. The molecule has 1 aromatic carbocycles. The van der Waals surface area contributed by atoms with E-state index in [4.69, 9.17) is 0 Å². The van der Waals surface area contributed by atoms with Gasteiger partial charge in [0, 0.05) is 23.8 Å². The summed E-state index contributed by atoms with van der Waals surface area (Å²) in [6.07, 6.45) is 1.27. The molecule has 17 heavy (non-hydrogen) atoms. The van der Waals surface area contributed by atoms with E-state index in [9.17, 15) is 8.42 Å². The highest BCUT2D eigenvalue weighted by atomic mass is 79.9. The van der Waals surface area contributed by atoms with Crippen LogP contribution in [0.25, 0.3) is 0 Å². The monoisotopic (exact) mass is 319 g/mol. The minimum atomic E-state index is -3.04. The Morgan fingerprint density at radius 3 is 2.53 bits per heavy atom. The van der Waals surface area contributed by atoms with Crippen molar-refractivity contribution in [1.82, 2.24) is 5.32 Å². The molecule has 0 aliphatic heterocycles. The van der Waals surface area contributed by atoms with Crippen molar-refractivity contribution < 1.29 is 8.42 Å². The number of hydrogen-bond donors (Lipinski definition) is 1. The zero-order valence-electron chi connectivity index (χ0n) is 10.3. The molecule has 0 unspecified atom stereocenters. The second kappa shape index (κ2) is 5.50. The van der Waals surface area contributed by atoms with Crippen molar-refractivity contribution in [3.8, 4) is 0 Å². The van der Waals surface area contributed by atoms with E-state index in [2.05, 4.69) is 21.2 Å². The maximum atomic E-state index is 11.5. The molecule has 5 heteroatoms. The molecule has 0 saturated heterocycles. The van der Waals surface area contributed by atoms with Crippen LogP contribution in [0.15, 0.2) is 28.7 Å². The summed E-state index contributed by atoms with van der Waals surface area (Å²) in [4.78, 5) is 0. The molecule has 3 nitrogen and oxygen atoms in total. The summed E-state index contributed by atoms with van der Waals surface area (Å²) in [7, 11) is -3.04. The van der Waals surface area contributed by atoms with Crippen LogP contribution in [0.3, 0.4) is 0 Å². The molecule has 0 heterocycles. The Morgan fingerprint density at radius 1 is 1.35 bits per heavy atom. The van der Waals surface area contributed by atoms with Gasteiger partial charge in [-0.2, -0.15) is 0 Å². The topological polar surface area (TPSA) is 46.2 Å². The molecule has 0 amide bonds.